The summed E-state index contributed by atoms with van der Waals surface area (Å²) in [6.07, 6.45) is 2.15. The number of thiophene rings is 1. The molecule has 0 radical (unpaired) electrons. The van der Waals surface area contributed by atoms with Gasteiger partial charge in [-0.05, 0) is 70.0 Å². The Hall–Kier alpha value is -2.55. The molecule has 0 nitrogen and oxygen atoms in total. The van der Waals surface area contributed by atoms with Crippen LogP contribution in [0.25, 0.3) is 42.4 Å². The average molecular weight is 423 g/mol. The third-order valence-corrected chi connectivity index (χ3v) is 8.45. The van der Waals surface area contributed by atoms with E-state index in [2.05, 4.69) is 99.0 Å². The van der Waals surface area contributed by atoms with Crippen molar-refractivity contribution in [3.05, 3.63) is 90.0 Å². The Morgan fingerprint density at radius 3 is 2.17 bits per heavy atom. The predicted molar refractivity (Wildman–Crippen MR) is 134 cm³/mol. The number of hydrogen-bond donors (Lipinski definition) is 0. The number of hydrogen-bond acceptors (Lipinski definition) is 2. The normalized spacial score (nSPS) is 14.2. The fourth-order valence-electron chi connectivity index (χ4n) is 4.93. The second kappa shape index (κ2) is 6.47. The fourth-order valence-corrected chi connectivity index (χ4v) is 6.51. The molecule has 1 aliphatic carbocycles. The molecule has 4 aromatic carbocycles. The van der Waals surface area contributed by atoms with Crippen molar-refractivity contribution in [3.63, 3.8) is 0 Å². The Bertz CT molecular complexity index is 1450. The molecule has 30 heavy (non-hydrogen) atoms. The first-order valence-corrected chi connectivity index (χ1v) is 12.4. The van der Waals surface area contributed by atoms with Crippen molar-refractivity contribution in [2.24, 2.45) is 0 Å². The molecule has 0 fully saturated rings. The summed E-state index contributed by atoms with van der Waals surface area (Å²) in [7, 11) is 0. The van der Waals surface area contributed by atoms with E-state index >= 15 is 0 Å². The summed E-state index contributed by atoms with van der Waals surface area (Å²) in [6, 6.07) is 29.6. The SMILES string of the molecule is CSc1ccc2c(c1)C(C)(C)c1cc(-c3ccc4c(c3)sc3ccccc34)ccc1-2. The van der Waals surface area contributed by atoms with Crippen LogP contribution in [0.3, 0.4) is 0 Å². The quantitative estimate of drug-likeness (QED) is 0.256. The van der Waals surface area contributed by atoms with Gasteiger partial charge in [0.2, 0.25) is 0 Å². The Labute approximate surface area is 185 Å². The van der Waals surface area contributed by atoms with Gasteiger partial charge in [0.05, 0.1) is 0 Å². The lowest BCUT2D eigenvalue weighted by atomic mass is 9.81. The molecule has 6 rings (SSSR count). The molecule has 0 spiro atoms. The van der Waals surface area contributed by atoms with E-state index in [4.69, 9.17) is 0 Å². The van der Waals surface area contributed by atoms with Crippen molar-refractivity contribution in [2.75, 3.05) is 6.26 Å². The zero-order valence-corrected chi connectivity index (χ0v) is 19.0. The number of rotatable bonds is 2. The topological polar surface area (TPSA) is 0 Å². The molecule has 0 N–H and O–H groups in total. The molecule has 2 heteroatoms. The van der Waals surface area contributed by atoms with E-state index in [1.807, 2.05) is 23.1 Å². The number of benzene rings is 4. The van der Waals surface area contributed by atoms with Gasteiger partial charge in [-0.2, -0.15) is 0 Å². The smallest absolute Gasteiger partial charge is 0.0361 e. The van der Waals surface area contributed by atoms with Crippen LogP contribution in [-0.2, 0) is 5.41 Å². The lowest BCUT2D eigenvalue weighted by molar-refractivity contribution is 0.659. The van der Waals surface area contributed by atoms with Crippen LogP contribution in [0.15, 0.2) is 83.8 Å². The van der Waals surface area contributed by atoms with E-state index in [9.17, 15) is 0 Å². The highest BCUT2D eigenvalue weighted by atomic mass is 32.2. The van der Waals surface area contributed by atoms with Crippen LogP contribution in [0.4, 0.5) is 0 Å². The highest BCUT2D eigenvalue weighted by Crippen LogP contribution is 2.50. The fraction of sp³-hybridized carbons (Fsp3) is 0.143. The van der Waals surface area contributed by atoms with Gasteiger partial charge in [0.1, 0.15) is 0 Å². The molecule has 0 atom stereocenters. The monoisotopic (exact) mass is 422 g/mol. The van der Waals surface area contributed by atoms with Gasteiger partial charge in [0.25, 0.3) is 0 Å². The molecule has 5 aromatic rings. The van der Waals surface area contributed by atoms with Gasteiger partial charge in [0, 0.05) is 30.5 Å². The van der Waals surface area contributed by atoms with Crippen LogP contribution < -0.4 is 0 Å². The average Bonchev–Trinajstić information content (AvgIpc) is 3.25. The first-order chi connectivity index (χ1) is 14.6. The van der Waals surface area contributed by atoms with E-state index in [-0.39, 0.29) is 5.41 Å². The van der Waals surface area contributed by atoms with Crippen LogP contribution in [0, 0.1) is 0 Å². The lowest BCUT2D eigenvalue weighted by Gasteiger charge is -2.22. The molecule has 1 aliphatic rings. The first kappa shape index (κ1) is 18.2. The van der Waals surface area contributed by atoms with Crippen LogP contribution in [-0.4, -0.2) is 6.26 Å². The molecular formula is C28H22S2. The van der Waals surface area contributed by atoms with Crippen molar-refractivity contribution in [1.82, 2.24) is 0 Å². The largest absolute Gasteiger partial charge is 0.135 e. The maximum Gasteiger partial charge on any atom is 0.0361 e. The minimum Gasteiger partial charge on any atom is -0.135 e. The molecule has 1 heterocycles. The van der Waals surface area contributed by atoms with Gasteiger partial charge in [-0.1, -0.05) is 62.4 Å². The zero-order chi connectivity index (χ0) is 20.5. The number of fused-ring (bicyclic) bond motifs is 6. The molecular weight excluding hydrogens is 400 g/mol. The van der Waals surface area contributed by atoms with Crippen LogP contribution in [0.1, 0.15) is 25.0 Å². The minimum absolute atomic E-state index is 0.0220. The van der Waals surface area contributed by atoms with Gasteiger partial charge in [0.15, 0.2) is 0 Å². The maximum atomic E-state index is 2.42. The molecule has 0 unspecified atom stereocenters. The van der Waals surface area contributed by atoms with E-state index in [0.717, 1.165) is 0 Å². The lowest BCUT2D eigenvalue weighted by Crippen LogP contribution is -2.15. The van der Waals surface area contributed by atoms with Crippen LogP contribution in [0.5, 0.6) is 0 Å². The van der Waals surface area contributed by atoms with Crippen molar-refractivity contribution >= 4 is 43.3 Å². The summed E-state index contributed by atoms with van der Waals surface area (Å²) in [4.78, 5) is 1.34. The summed E-state index contributed by atoms with van der Waals surface area (Å²) in [5.74, 6) is 0. The van der Waals surface area contributed by atoms with Gasteiger partial charge in [-0.3, -0.25) is 0 Å². The van der Waals surface area contributed by atoms with Gasteiger partial charge in [-0.25, -0.2) is 0 Å². The standard InChI is InChI=1S/C28H22S2/c1-28(2)24-14-17(8-11-20(24)21-13-10-19(29-3)16-25(21)28)18-9-12-23-22-6-4-5-7-26(22)30-27(23)15-18/h4-16H,1-3H3. The van der Waals surface area contributed by atoms with Gasteiger partial charge >= 0.3 is 0 Å². The van der Waals surface area contributed by atoms with E-state index in [1.165, 1.54) is 58.4 Å². The van der Waals surface area contributed by atoms with E-state index in [1.54, 1.807) is 0 Å². The molecule has 0 saturated carbocycles. The van der Waals surface area contributed by atoms with Crippen LogP contribution >= 0.6 is 23.1 Å². The summed E-state index contributed by atoms with van der Waals surface area (Å²) in [5, 5.41) is 2.72. The van der Waals surface area contributed by atoms with E-state index in [0.29, 0.717) is 0 Å². The third-order valence-electron chi connectivity index (χ3n) is 6.60. The first-order valence-electron chi connectivity index (χ1n) is 10.3. The highest BCUT2D eigenvalue weighted by Gasteiger charge is 2.35. The Morgan fingerprint density at radius 1 is 0.667 bits per heavy atom. The maximum absolute atomic E-state index is 2.42. The molecule has 0 amide bonds. The Kier molecular flexibility index (Phi) is 3.93. The number of thioether (sulfide) groups is 1. The summed E-state index contributed by atoms with van der Waals surface area (Å²) < 4.78 is 2.72. The predicted octanol–water partition coefficient (Wildman–Crippen LogP) is 8.75. The highest BCUT2D eigenvalue weighted by molar-refractivity contribution is 7.98. The van der Waals surface area contributed by atoms with Crippen molar-refractivity contribution in [1.29, 1.82) is 0 Å². The molecule has 0 saturated heterocycles. The van der Waals surface area contributed by atoms with Gasteiger partial charge in [-0.15, -0.1) is 23.1 Å². The second-order valence-electron chi connectivity index (χ2n) is 8.61. The van der Waals surface area contributed by atoms with Crippen molar-refractivity contribution in [2.45, 2.75) is 24.2 Å². The summed E-state index contributed by atoms with van der Waals surface area (Å²) in [6.45, 7) is 4.72. The van der Waals surface area contributed by atoms with Crippen molar-refractivity contribution < 1.29 is 0 Å². The zero-order valence-electron chi connectivity index (χ0n) is 17.3. The Balaban J connectivity index is 1.50. The summed E-state index contributed by atoms with van der Waals surface area (Å²) in [5.41, 5.74) is 8.28. The summed E-state index contributed by atoms with van der Waals surface area (Å²) >= 11 is 3.71. The third kappa shape index (κ3) is 2.54. The molecule has 146 valence electrons. The second-order valence-corrected chi connectivity index (χ2v) is 10.6. The van der Waals surface area contributed by atoms with Gasteiger partial charge < -0.3 is 0 Å². The molecule has 1 aromatic heterocycles. The Morgan fingerprint density at radius 2 is 1.33 bits per heavy atom. The van der Waals surface area contributed by atoms with Crippen molar-refractivity contribution in [3.8, 4) is 22.3 Å². The minimum atomic E-state index is 0.0220. The van der Waals surface area contributed by atoms with E-state index < -0.39 is 0 Å². The molecule has 0 aliphatic heterocycles. The van der Waals surface area contributed by atoms with Crippen LogP contribution in [0.2, 0.25) is 0 Å². The molecule has 0 bridgehead atoms.